The Hall–Kier alpha value is -1.27. The van der Waals surface area contributed by atoms with Crippen molar-refractivity contribution in [3.63, 3.8) is 0 Å². The largest absolute Gasteiger partial charge is 0.298 e. The SMILES string of the molecule is CCC(=O)C(C)NS(=O)(=O)c1cc(F)ccc1C. The van der Waals surface area contributed by atoms with Crippen molar-refractivity contribution in [2.24, 2.45) is 0 Å². The van der Waals surface area contributed by atoms with Crippen LogP contribution in [0.1, 0.15) is 25.8 Å². The Morgan fingerprint density at radius 3 is 2.61 bits per heavy atom. The first kappa shape index (κ1) is 14.8. The minimum absolute atomic E-state index is 0.141. The van der Waals surface area contributed by atoms with Gasteiger partial charge in [-0.1, -0.05) is 13.0 Å². The number of sulfonamides is 1. The summed E-state index contributed by atoms with van der Waals surface area (Å²) in [6, 6.07) is 2.70. The molecule has 1 unspecified atom stereocenters. The molecule has 0 bridgehead atoms. The Balaban J connectivity index is 3.07. The summed E-state index contributed by atoms with van der Waals surface area (Å²) in [7, 11) is -3.88. The fourth-order valence-electron chi connectivity index (χ4n) is 1.53. The van der Waals surface area contributed by atoms with Crippen LogP contribution in [0, 0.1) is 12.7 Å². The lowest BCUT2D eigenvalue weighted by Gasteiger charge is -2.13. The van der Waals surface area contributed by atoms with Crippen molar-refractivity contribution in [3.05, 3.63) is 29.6 Å². The minimum Gasteiger partial charge on any atom is -0.298 e. The van der Waals surface area contributed by atoms with Crippen LogP contribution in [0.5, 0.6) is 0 Å². The molecule has 0 saturated carbocycles. The number of hydrogen-bond acceptors (Lipinski definition) is 3. The molecule has 0 aromatic heterocycles. The molecular formula is C12H16FNO3S. The molecule has 0 amide bonds. The average Bonchev–Trinajstić information content (AvgIpc) is 2.30. The zero-order valence-electron chi connectivity index (χ0n) is 10.5. The second-order valence-electron chi connectivity index (χ2n) is 4.07. The number of halogens is 1. The summed E-state index contributed by atoms with van der Waals surface area (Å²) < 4.78 is 39.3. The first-order valence-corrected chi connectivity index (χ1v) is 7.07. The average molecular weight is 273 g/mol. The maximum atomic E-state index is 13.1. The van der Waals surface area contributed by atoms with Gasteiger partial charge in [0.05, 0.1) is 10.9 Å². The third-order valence-corrected chi connectivity index (χ3v) is 4.29. The highest BCUT2D eigenvalue weighted by Crippen LogP contribution is 2.16. The van der Waals surface area contributed by atoms with Gasteiger partial charge < -0.3 is 0 Å². The van der Waals surface area contributed by atoms with E-state index >= 15 is 0 Å². The van der Waals surface area contributed by atoms with Gasteiger partial charge in [-0.05, 0) is 31.5 Å². The Morgan fingerprint density at radius 1 is 1.44 bits per heavy atom. The van der Waals surface area contributed by atoms with Crippen LogP contribution in [-0.4, -0.2) is 20.2 Å². The molecule has 0 aliphatic rings. The molecule has 100 valence electrons. The van der Waals surface area contributed by atoms with Crippen molar-refractivity contribution in [1.29, 1.82) is 0 Å². The highest BCUT2D eigenvalue weighted by molar-refractivity contribution is 7.89. The van der Waals surface area contributed by atoms with E-state index in [1.807, 2.05) is 0 Å². The van der Waals surface area contributed by atoms with Crippen molar-refractivity contribution in [2.75, 3.05) is 0 Å². The number of nitrogens with one attached hydrogen (secondary N) is 1. The molecule has 18 heavy (non-hydrogen) atoms. The van der Waals surface area contributed by atoms with Gasteiger partial charge in [-0.25, -0.2) is 17.5 Å². The molecule has 1 rings (SSSR count). The lowest BCUT2D eigenvalue weighted by molar-refractivity contribution is -0.119. The van der Waals surface area contributed by atoms with Gasteiger partial charge in [0.25, 0.3) is 0 Å². The lowest BCUT2D eigenvalue weighted by Crippen LogP contribution is -2.38. The van der Waals surface area contributed by atoms with Crippen molar-refractivity contribution < 1.29 is 17.6 Å². The number of ketones is 1. The van der Waals surface area contributed by atoms with Crippen LogP contribution in [0.15, 0.2) is 23.1 Å². The molecule has 1 atom stereocenters. The van der Waals surface area contributed by atoms with Crippen molar-refractivity contribution in [1.82, 2.24) is 4.72 Å². The van der Waals surface area contributed by atoms with Crippen LogP contribution in [0.2, 0.25) is 0 Å². The molecule has 0 radical (unpaired) electrons. The smallest absolute Gasteiger partial charge is 0.241 e. The first-order valence-electron chi connectivity index (χ1n) is 5.59. The van der Waals surface area contributed by atoms with Crippen molar-refractivity contribution in [3.8, 4) is 0 Å². The normalized spacial score (nSPS) is 13.3. The number of Topliss-reactive ketones (excluding diaryl/α,β-unsaturated/α-hetero) is 1. The summed E-state index contributed by atoms with van der Waals surface area (Å²) in [4.78, 5) is 11.2. The fourth-order valence-corrected chi connectivity index (χ4v) is 3.02. The van der Waals surface area contributed by atoms with Crippen LogP contribution >= 0.6 is 0 Å². The van der Waals surface area contributed by atoms with E-state index in [2.05, 4.69) is 4.72 Å². The third-order valence-electron chi connectivity index (χ3n) is 2.60. The predicted octanol–water partition coefficient (Wildman–Crippen LogP) is 1.78. The second-order valence-corrected chi connectivity index (χ2v) is 5.76. The molecule has 0 spiro atoms. The molecule has 4 nitrogen and oxygen atoms in total. The third kappa shape index (κ3) is 3.36. The van der Waals surface area contributed by atoms with E-state index in [1.165, 1.54) is 19.1 Å². The van der Waals surface area contributed by atoms with Gasteiger partial charge in [-0.15, -0.1) is 0 Å². The van der Waals surface area contributed by atoms with Gasteiger partial charge in [0.15, 0.2) is 0 Å². The summed E-state index contributed by atoms with van der Waals surface area (Å²) in [6.07, 6.45) is 0.242. The zero-order chi connectivity index (χ0) is 13.9. The highest BCUT2D eigenvalue weighted by atomic mass is 32.2. The molecule has 0 heterocycles. The van der Waals surface area contributed by atoms with E-state index in [9.17, 15) is 17.6 Å². The maximum absolute atomic E-state index is 13.1. The molecule has 1 aromatic rings. The molecule has 1 aromatic carbocycles. The topological polar surface area (TPSA) is 63.2 Å². The zero-order valence-corrected chi connectivity index (χ0v) is 11.3. The highest BCUT2D eigenvalue weighted by Gasteiger charge is 2.22. The van der Waals surface area contributed by atoms with Gasteiger partial charge in [0, 0.05) is 6.42 Å². The van der Waals surface area contributed by atoms with Gasteiger partial charge in [-0.2, -0.15) is 0 Å². The van der Waals surface area contributed by atoms with Crippen LogP contribution in [0.4, 0.5) is 4.39 Å². The number of aryl methyl sites for hydroxylation is 1. The Labute approximate surface area is 106 Å². The molecule has 6 heteroatoms. The molecule has 0 aliphatic heterocycles. The summed E-state index contributed by atoms with van der Waals surface area (Å²) in [5.74, 6) is -0.844. The molecule has 1 N–H and O–H groups in total. The van der Waals surface area contributed by atoms with E-state index in [0.29, 0.717) is 5.56 Å². The standard InChI is InChI=1S/C12H16FNO3S/c1-4-11(15)9(3)14-18(16,17)12-7-10(13)6-5-8(12)2/h5-7,9,14H,4H2,1-3H3. The quantitative estimate of drug-likeness (QED) is 0.889. The van der Waals surface area contributed by atoms with Crippen molar-refractivity contribution in [2.45, 2.75) is 38.1 Å². The Bertz CT molecular complexity index is 554. The number of rotatable bonds is 5. The number of benzene rings is 1. The summed E-state index contributed by atoms with van der Waals surface area (Å²) in [5, 5.41) is 0. The number of carbonyl (C=O) groups excluding carboxylic acids is 1. The van der Waals surface area contributed by atoms with E-state index in [0.717, 1.165) is 6.07 Å². The Kier molecular flexibility index (Phi) is 4.59. The Morgan fingerprint density at radius 2 is 2.06 bits per heavy atom. The van der Waals surface area contributed by atoms with E-state index in [4.69, 9.17) is 0 Å². The molecule has 0 aliphatic carbocycles. The lowest BCUT2D eigenvalue weighted by atomic mass is 10.2. The molecular weight excluding hydrogens is 257 g/mol. The van der Waals surface area contributed by atoms with Gasteiger partial charge in [0.2, 0.25) is 10.0 Å². The van der Waals surface area contributed by atoms with E-state index < -0.39 is 21.9 Å². The van der Waals surface area contributed by atoms with Crippen LogP contribution in [0.3, 0.4) is 0 Å². The van der Waals surface area contributed by atoms with Gasteiger partial charge >= 0.3 is 0 Å². The number of carbonyl (C=O) groups is 1. The van der Waals surface area contributed by atoms with Gasteiger partial charge in [0.1, 0.15) is 11.6 Å². The van der Waals surface area contributed by atoms with E-state index in [1.54, 1.807) is 13.8 Å². The van der Waals surface area contributed by atoms with Crippen LogP contribution in [-0.2, 0) is 14.8 Å². The first-order chi connectivity index (χ1) is 8.27. The van der Waals surface area contributed by atoms with Crippen LogP contribution < -0.4 is 4.72 Å². The number of hydrogen-bond donors (Lipinski definition) is 1. The summed E-state index contributed by atoms with van der Waals surface area (Å²) in [5.41, 5.74) is 0.431. The van der Waals surface area contributed by atoms with Gasteiger partial charge in [-0.3, -0.25) is 4.79 Å². The maximum Gasteiger partial charge on any atom is 0.241 e. The fraction of sp³-hybridized carbons (Fsp3) is 0.417. The molecule has 0 fully saturated rings. The van der Waals surface area contributed by atoms with Crippen LogP contribution in [0.25, 0.3) is 0 Å². The minimum atomic E-state index is -3.88. The summed E-state index contributed by atoms with van der Waals surface area (Å²) in [6.45, 7) is 4.69. The summed E-state index contributed by atoms with van der Waals surface area (Å²) >= 11 is 0. The van der Waals surface area contributed by atoms with Crippen molar-refractivity contribution >= 4 is 15.8 Å². The monoisotopic (exact) mass is 273 g/mol. The second kappa shape index (κ2) is 5.58. The van der Waals surface area contributed by atoms with E-state index in [-0.39, 0.29) is 17.1 Å². The molecule has 0 saturated heterocycles. The predicted molar refractivity (Wildman–Crippen MR) is 66.2 cm³/mol.